The third-order valence-electron chi connectivity index (χ3n) is 3.39. The van der Waals surface area contributed by atoms with Crippen molar-refractivity contribution in [2.24, 2.45) is 0 Å². The fraction of sp³-hybridized carbons (Fsp3) is 0.111. The molecule has 122 valence electrons. The van der Waals surface area contributed by atoms with Crippen molar-refractivity contribution in [2.45, 2.75) is 6.92 Å². The van der Waals surface area contributed by atoms with Crippen LogP contribution in [0.4, 0.5) is 23.1 Å². The highest BCUT2D eigenvalue weighted by Gasteiger charge is 2.04. The summed E-state index contributed by atoms with van der Waals surface area (Å²) in [5.74, 6) is 2.04. The fourth-order valence-electron chi connectivity index (χ4n) is 2.15. The number of aromatic nitrogens is 2. The molecule has 0 atom stereocenters. The molecule has 0 aliphatic rings. The van der Waals surface area contributed by atoms with Crippen molar-refractivity contribution in [3.8, 4) is 5.75 Å². The summed E-state index contributed by atoms with van der Waals surface area (Å²) < 4.78 is 6.14. The van der Waals surface area contributed by atoms with Crippen LogP contribution in [-0.4, -0.2) is 17.1 Å². The lowest BCUT2D eigenvalue weighted by molar-refractivity contribution is 0.415. The minimum atomic E-state index is 0.522. The Kier molecular flexibility index (Phi) is 4.96. The molecule has 0 aliphatic carbocycles. The van der Waals surface area contributed by atoms with E-state index in [4.69, 9.17) is 4.74 Å². The summed E-state index contributed by atoms with van der Waals surface area (Å²) in [5, 5.41) is 6.46. The summed E-state index contributed by atoms with van der Waals surface area (Å²) in [6, 6.07) is 15.5. The number of halogens is 1. The molecule has 0 saturated heterocycles. The second-order valence-electron chi connectivity index (χ2n) is 5.23. The molecule has 5 nitrogen and oxygen atoms in total. The topological polar surface area (TPSA) is 59.1 Å². The Hall–Kier alpha value is -2.60. The number of nitrogens with one attached hydrogen (secondary N) is 2. The van der Waals surface area contributed by atoms with Crippen LogP contribution in [0, 0.1) is 6.92 Å². The van der Waals surface area contributed by atoms with E-state index >= 15 is 0 Å². The smallest absolute Gasteiger partial charge is 0.229 e. The van der Waals surface area contributed by atoms with Crippen molar-refractivity contribution < 1.29 is 4.74 Å². The Morgan fingerprint density at radius 2 is 1.79 bits per heavy atom. The Balaban J connectivity index is 1.75. The van der Waals surface area contributed by atoms with E-state index in [2.05, 4.69) is 49.5 Å². The molecule has 6 heteroatoms. The molecule has 2 aromatic carbocycles. The number of hydrogen-bond donors (Lipinski definition) is 2. The Bertz CT molecular complexity index is 837. The van der Waals surface area contributed by atoms with Crippen LogP contribution in [0.1, 0.15) is 5.56 Å². The molecule has 0 fully saturated rings. The van der Waals surface area contributed by atoms with Gasteiger partial charge in [-0.05, 0) is 70.9 Å². The zero-order chi connectivity index (χ0) is 16.9. The van der Waals surface area contributed by atoms with E-state index in [0.717, 1.165) is 21.6 Å². The quantitative estimate of drug-likeness (QED) is 0.644. The van der Waals surface area contributed by atoms with E-state index < -0.39 is 0 Å². The first-order chi connectivity index (χ1) is 11.6. The van der Waals surface area contributed by atoms with Gasteiger partial charge in [0.1, 0.15) is 11.6 Å². The number of aryl methyl sites for hydroxylation is 1. The van der Waals surface area contributed by atoms with Crippen LogP contribution in [0.2, 0.25) is 0 Å². The summed E-state index contributed by atoms with van der Waals surface area (Å²) >= 11 is 3.56. The van der Waals surface area contributed by atoms with Crippen molar-refractivity contribution in [1.29, 1.82) is 0 Å². The molecule has 1 heterocycles. The first-order valence-electron chi connectivity index (χ1n) is 7.41. The van der Waals surface area contributed by atoms with Gasteiger partial charge >= 0.3 is 0 Å². The highest BCUT2D eigenvalue weighted by molar-refractivity contribution is 9.10. The molecule has 0 saturated carbocycles. The average molecular weight is 385 g/mol. The van der Waals surface area contributed by atoms with Crippen LogP contribution in [0.5, 0.6) is 5.75 Å². The number of nitrogens with zero attached hydrogens (tertiary/aromatic N) is 2. The molecule has 2 N–H and O–H groups in total. The summed E-state index contributed by atoms with van der Waals surface area (Å²) in [6.07, 6.45) is 1.71. The van der Waals surface area contributed by atoms with E-state index in [0.29, 0.717) is 11.8 Å². The Labute approximate surface area is 149 Å². The van der Waals surface area contributed by atoms with Crippen molar-refractivity contribution in [2.75, 3.05) is 17.7 Å². The van der Waals surface area contributed by atoms with E-state index in [-0.39, 0.29) is 0 Å². The lowest BCUT2D eigenvalue weighted by Crippen LogP contribution is -2.00. The second-order valence-corrected chi connectivity index (χ2v) is 6.08. The van der Waals surface area contributed by atoms with Gasteiger partial charge in [0.15, 0.2) is 0 Å². The first kappa shape index (κ1) is 16.3. The van der Waals surface area contributed by atoms with Gasteiger partial charge in [0.25, 0.3) is 0 Å². The predicted octanol–water partition coefficient (Wildman–Crippen LogP) is 5.04. The molecule has 0 radical (unpaired) electrons. The van der Waals surface area contributed by atoms with Gasteiger partial charge in [0, 0.05) is 16.4 Å². The van der Waals surface area contributed by atoms with Crippen LogP contribution in [0.3, 0.4) is 0 Å². The van der Waals surface area contributed by atoms with Gasteiger partial charge in [-0.2, -0.15) is 4.98 Å². The van der Waals surface area contributed by atoms with Crippen molar-refractivity contribution in [3.63, 3.8) is 0 Å². The van der Waals surface area contributed by atoms with Crippen molar-refractivity contribution >= 4 is 39.1 Å². The van der Waals surface area contributed by atoms with Crippen LogP contribution < -0.4 is 15.4 Å². The largest absolute Gasteiger partial charge is 0.497 e. The molecule has 0 aliphatic heterocycles. The summed E-state index contributed by atoms with van der Waals surface area (Å²) in [6.45, 7) is 2.05. The molecular weight excluding hydrogens is 368 g/mol. The van der Waals surface area contributed by atoms with Crippen molar-refractivity contribution in [1.82, 2.24) is 9.97 Å². The van der Waals surface area contributed by atoms with Gasteiger partial charge in [0.2, 0.25) is 5.95 Å². The number of rotatable bonds is 5. The zero-order valence-electron chi connectivity index (χ0n) is 13.4. The number of ether oxygens (including phenoxy) is 1. The fourth-order valence-corrected chi connectivity index (χ4v) is 2.74. The summed E-state index contributed by atoms with van der Waals surface area (Å²) in [5.41, 5.74) is 3.04. The standard InChI is InChI=1S/C18H17BrN4O/c1-12-3-8-16(15(19)11-12)22-17-9-10-20-18(23-17)21-13-4-6-14(24-2)7-5-13/h3-11H,1-2H3,(H2,20,21,22,23). The highest BCUT2D eigenvalue weighted by Crippen LogP contribution is 2.26. The summed E-state index contributed by atoms with van der Waals surface area (Å²) in [7, 11) is 1.64. The maximum atomic E-state index is 5.15. The lowest BCUT2D eigenvalue weighted by Gasteiger charge is -2.10. The van der Waals surface area contributed by atoms with Gasteiger partial charge in [0.05, 0.1) is 12.8 Å². The van der Waals surface area contributed by atoms with Gasteiger partial charge in [-0.25, -0.2) is 4.98 Å². The third kappa shape index (κ3) is 4.02. The van der Waals surface area contributed by atoms with Crippen LogP contribution in [0.25, 0.3) is 0 Å². The van der Waals surface area contributed by atoms with Gasteiger partial charge in [-0.15, -0.1) is 0 Å². The molecule has 0 bridgehead atoms. The molecule has 0 unspecified atom stereocenters. The summed E-state index contributed by atoms with van der Waals surface area (Å²) in [4.78, 5) is 8.73. The molecular formula is C18H17BrN4O. The van der Waals surface area contributed by atoms with Crippen LogP contribution >= 0.6 is 15.9 Å². The lowest BCUT2D eigenvalue weighted by atomic mass is 10.2. The van der Waals surface area contributed by atoms with Gasteiger partial charge in [-0.1, -0.05) is 6.07 Å². The van der Waals surface area contributed by atoms with E-state index in [1.54, 1.807) is 13.3 Å². The SMILES string of the molecule is COc1ccc(Nc2nccc(Nc3ccc(C)cc3Br)n2)cc1. The number of hydrogen-bond acceptors (Lipinski definition) is 5. The zero-order valence-corrected chi connectivity index (χ0v) is 15.0. The Morgan fingerprint density at radius 1 is 1.00 bits per heavy atom. The van der Waals surface area contributed by atoms with E-state index in [1.807, 2.05) is 42.5 Å². The van der Waals surface area contributed by atoms with E-state index in [9.17, 15) is 0 Å². The van der Waals surface area contributed by atoms with Crippen LogP contribution in [0.15, 0.2) is 59.2 Å². The minimum absolute atomic E-state index is 0.522. The number of methoxy groups -OCH3 is 1. The monoisotopic (exact) mass is 384 g/mol. The minimum Gasteiger partial charge on any atom is -0.497 e. The number of benzene rings is 2. The van der Waals surface area contributed by atoms with Gasteiger partial charge in [-0.3, -0.25) is 0 Å². The molecule has 3 aromatic rings. The molecule has 1 aromatic heterocycles. The first-order valence-corrected chi connectivity index (χ1v) is 8.20. The predicted molar refractivity (Wildman–Crippen MR) is 100 cm³/mol. The normalized spacial score (nSPS) is 10.3. The van der Waals surface area contributed by atoms with Crippen LogP contribution in [-0.2, 0) is 0 Å². The van der Waals surface area contributed by atoms with E-state index in [1.165, 1.54) is 5.56 Å². The third-order valence-corrected chi connectivity index (χ3v) is 4.05. The molecule has 0 spiro atoms. The second kappa shape index (κ2) is 7.31. The highest BCUT2D eigenvalue weighted by atomic mass is 79.9. The maximum absolute atomic E-state index is 5.15. The maximum Gasteiger partial charge on any atom is 0.229 e. The number of anilines is 4. The molecule has 3 rings (SSSR count). The van der Waals surface area contributed by atoms with Crippen molar-refractivity contribution in [3.05, 3.63) is 64.8 Å². The Morgan fingerprint density at radius 3 is 2.50 bits per heavy atom. The average Bonchev–Trinajstić information content (AvgIpc) is 2.58. The molecule has 24 heavy (non-hydrogen) atoms. The van der Waals surface area contributed by atoms with Gasteiger partial charge < -0.3 is 15.4 Å². The molecule has 0 amide bonds.